The molecular weight excluding hydrogens is 212 g/mol. The molecule has 0 unspecified atom stereocenters. The molecule has 15 heavy (non-hydrogen) atoms. The minimum atomic E-state index is 0.392. The molecule has 0 atom stereocenters. The van der Waals surface area contributed by atoms with Gasteiger partial charge in [-0.1, -0.05) is 25.4 Å². The fourth-order valence-corrected chi connectivity index (χ4v) is 1.30. The van der Waals surface area contributed by atoms with E-state index in [2.05, 4.69) is 28.8 Å². The normalized spacial score (nSPS) is 10.9. The van der Waals surface area contributed by atoms with Crippen molar-refractivity contribution in [2.45, 2.75) is 19.8 Å². The summed E-state index contributed by atoms with van der Waals surface area (Å²) in [5, 5.41) is 0.392. The second-order valence-corrected chi connectivity index (χ2v) is 3.95. The van der Waals surface area contributed by atoms with Gasteiger partial charge in [0, 0.05) is 6.20 Å². The molecule has 0 aliphatic carbocycles. The van der Waals surface area contributed by atoms with Crippen molar-refractivity contribution < 1.29 is 0 Å². The molecule has 2 aromatic heterocycles. The zero-order valence-electron chi connectivity index (χ0n) is 8.55. The lowest BCUT2D eigenvalue weighted by Gasteiger charge is -2.00. The molecule has 0 radical (unpaired) electrons. The zero-order chi connectivity index (χ0) is 10.8. The van der Waals surface area contributed by atoms with Gasteiger partial charge in [0.05, 0.1) is 18.1 Å². The van der Waals surface area contributed by atoms with E-state index in [0.29, 0.717) is 11.1 Å². The number of halogens is 1. The van der Waals surface area contributed by atoms with Crippen LogP contribution in [0.3, 0.4) is 0 Å². The maximum atomic E-state index is 5.66. The van der Waals surface area contributed by atoms with E-state index in [9.17, 15) is 0 Å². The van der Waals surface area contributed by atoms with Crippen LogP contribution in [0.25, 0.3) is 5.82 Å². The Bertz CT molecular complexity index is 447. The first-order valence-corrected chi connectivity index (χ1v) is 5.06. The predicted octanol–water partition coefficient (Wildman–Crippen LogP) is 2.44. The van der Waals surface area contributed by atoms with Gasteiger partial charge in [-0.3, -0.25) is 4.57 Å². The molecule has 0 amide bonds. The molecule has 2 heterocycles. The number of imidazole rings is 1. The third-order valence-corrected chi connectivity index (χ3v) is 2.26. The Balaban J connectivity index is 2.33. The predicted molar refractivity (Wildman–Crippen MR) is 58.3 cm³/mol. The third-order valence-electron chi connectivity index (χ3n) is 2.07. The van der Waals surface area contributed by atoms with E-state index in [1.807, 2.05) is 10.8 Å². The van der Waals surface area contributed by atoms with Crippen molar-refractivity contribution in [3.8, 4) is 5.82 Å². The molecule has 78 valence electrons. The van der Waals surface area contributed by atoms with Gasteiger partial charge >= 0.3 is 0 Å². The van der Waals surface area contributed by atoms with E-state index in [0.717, 1.165) is 11.5 Å². The van der Waals surface area contributed by atoms with E-state index in [1.165, 1.54) is 6.20 Å². The Kier molecular flexibility index (Phi) is 2.68. The van der Waals surface area contributed by atoms with E-state index >= 15 is 0 Å². The topological polar surface area (TPSA) is 43.6 Å². The molecule has 2 aromatic rings. The van der Waals surface area contributed by atoms with Gasteiger partial charge in [0.15, 0.2) is 5.82 Å². The molecule has 0 spiro atoms. The van der Waals surface area contributed by atoms with Crippen LogP contribution in [-0.4, -0.2) is 19.5 Å². The number of rotatable bonds is 2. The molecule has 2 rings (SSSR count). The second-order valence-electron chi connectivity index (χ2n) is 3.56. The summed E-state index contributed by atoms with van der Waals surface area (Å²) in [6.45, 7) is 4.19. The minimum absolute atomic E-state index is 0.392. The lowest BCUT2D eigenvalue weighted by atomic mass is 10.2. The minimum Gasteiger partial charge on any atom is -0.289 e. The largest absolute Gasteiger partial charge is 0.289 e. The number of hydrogen-bond donors (Lipinski definition) is 0. The van der Waals surface area contributed by atoms with Crippen LogP contribution in [0.15, 0.2) is 24.9 Å². The van der Waals surface area contributed by atoms with Crippen LogP contribution in [0.5, 0.6) is 0 Å². The summed E-state index contributed by atoms with van der Waals surface area (Å²) in [6.07, 6.45) is 6.82. The summed E-state index contributed by atoms with van der Waals surface area (Å²) in [6, 6.07) is 0. The highest BCUT2D eigenvalue weighted by molar-refractivity contribution is 6.29. The van der Waals surface area contributed by atoms with Gasteiger partial charge in [-0.15, -0.1) is 0 Å². The number of aromatic nitrogens is 4. The summed E-state index contributed by atoms with van der Waals surface area (Å²) in [5.41, 5.74) is 1.03. The average molecular weight is 223 g/mol. The van der Waals surface area contributed by atoms with Crippen molar-refractivity contribution in [2.75, 3.05) is 0 Å². The van der Waals surface area contributed by atoms with Crippen molar-refractivity contribution >= 4 is 11.6 Å². The molecule has 0 saturated carbocycles. The highest BCUT2D eigenvalue weighted by Gasteiger charge is 2.05. The Morgan fingerprint density at radius 2 is 2.00 bits per heavy atom. The molecule has 0 bridgehead atoms. The standard InChI is InChI=1S/C10H11ClN4/c1-7(2)8-5-15(6-14-8)10-4-12-9(11)3-13-10/h3-7H,1-2H3. The van der Waals surface area contributed by atoms with Gasteiger partial charge < -0.3 is 0 Å². The van der Waals surface area contributed by atoms with Crippen LogP contribution in [0.4, 0.5) is 0 Å². The van der Waals surface area contributed by atoms with E-state index in [4.69, 9.17) is 11.6 Å². The van der Waals surface area contributed by atoms with Gasteiger partial charge in [-0.05, 0) is 5.92 Å². The Hall–Kier alpha value is -1.42. The fraction of sp³-hybridized carbons (Fsp3) is 0.300. The van der Waals surface area contributed by atoms with Crippen molar-refractivity contribution in [1.29, 1.82) is 0 Å². The number of nitrogens with zero attached hydrogens (tertiary/aromatic N) is 4. The Labute approximate surface area is 93.0 Å². The zero-order valence-corrected chi connectivity index (χ0v) is 9.31. The van der Waals surface area contributed by atoms with Crippen molar-refractivity contribution in [3.05, 3.63) is 35.8 Å². The van der Waals surface area contributed by atoms with E-state index in [1.54, 1.807) is 12.5 Å². The number of hydrogen-bond acceptors (Lipinski definition) is 3. The van der Waals surface area contributed by atoms with Gasteiger partial charge in [0.2, 0.25) is 0 Å². The fourth-order valence-electron chi connectivity index (χ4n) is 1.20. The lowest BCUT2D eigenvalue weighted by Crippen LogP contribution is -1.95. The van der Waals surface area contributed by atoms with Gasteiger partial charge in [-0.2, -0.15) is 0 Å². The van der Waals surface area contributed by atoms with Gasteiger partial charge in [-0.25, -0.2) is 15.0 Å². The first kappa shape index (κ1) is 10.1. The van der Waals surface area contributed by atoms with Gasteiger partial charge in [0.25, 0.3) is 0 Å². The second kappa shape index (κ2) is 3.98. The first-order chi connectivity index (χ1) is 7.16. The SMILES string of the molecule is CC(C)c1cn(-c2cnc(Cl)cn2)cn1. The lowest BCUT2D eigenvalue weighted by molar-refractivity contribution is 0.831. The van der Waals surface area contributed by atoms with Crippen LogP contribution < -0.4 is 0 Å². The van der Waals surface area contributed by atoms with Gasteiger partial charge in [0.1, 0.15) is 11.5 Å². The maximum Gasteiger partial charge on any atom is 0.156 e. The molecule has 0 N–H and O–H groups in total. The van der Waals surface area contributed by atoms with E-state index in [-0.39, 0.29) is 0 Å². The molecule has 0 fully saturated rings. The molecule has 0 aliphatic heterocycles. The molecule has 5 heteroatoms. The smallest absolute Gasteiger partial charge is 0.156 e. The van der Waals surface area contributed by atoms with Crippen LogP contribution in [-0.2, 0) is 0 Å². The Morgan fingerprint density at radius 1 is 1.20 bits per heavy atom. The Morgan fingerprint density at radius 3 is 2.53 bits per heavy atom. The van der Waals surface area contributed by atoms with Crippen LogP contribution in [0.2, 0.25) is 5.15 Å². The molecule has 4 nitrogen and oxygen atoms in total. The van der Waals surface area contributed by atoms with Crippen LogP contribution in [0.1, 0.15) is 25.5 Å². The monoisotopic (exact) mass is 222 g/mol. The van der Waals surface area contributed by atoms with E-state index < -0.39 is 0 Å². The summed E-state index contributed by atoms with van der Waals surface area (Å²) in [5.74, 6) is 1.13. The van der Waals surface area contributed by atoms with Crippen molar-refractivity contribution in [3.63, 3.8) is 0 Å². The summed E-state index contributed by atoms with van der Waals surface area (Å²) in [4.78, 5) is 12.4. The maximum absolute atomic E-state index is 5.66. The highest BCUT2D eigenvalue weighted by atomic mass is 35.5. The van der Waals surface area contributed by atoms with Crippen molar-refractivity contribution in [2.24, 2.45) is 0 Å². The van der Waals surface area contributed by atoms with Crippen molar-refractivity contribution in [1.82, 2.24) is 19.5 Å². The van der Waals surface area contributed by atoms with Crippen LogP contribution in [0, 0.1) is 0 Å². The molecule has 0 aromatic carbocycles. The summed E-state index contributed by atoms with van der Waals surface area (Å²) >= 11 is 5.66. The molecular formula is C10H11ClN4. The molecule has 0 saturated heterocycles. The average Bonchev–Trinajstić information content (AvgIpc) is 2.68. The van der Waals surface area contributed by atoms with Crippen LogP contribution >= 0.6 is 11.6 Å². The molecule has 0 aliphatic rings. The highest BCUT2D eigenvalue weighted by Crippen LogP contribution is 2.13. The quantitative estimate of drug-likeness (QED) is 0.784. The summed E-state index contributed by atoms with van der Waals surface area (Å²) in [7, 11) is 0. The summed E-state index contributed by atoms with van der Waals surface area (Å²) < 4.78 is 1.83. The first-order valence-electron chi connectivity index (χ1n) is 4.68. The third kappa shape index (κ3) is 2.15.